The fourth-order valence-electron chi connectivity index (χ4n) is 1.94. The van der Waals surface area contributed by atoms with Crippen LogP contribution in [0.25, 0.3) is 0 Å². The fraction of sp³-hybridized carbons (Fsp3) is 0.133. The molecule has 0 fully saturated rings. The van der Waals surface area contributed by atoms with E-state index in [4.69, 9.17) is 9.88 Å². The van der Waals surface area contributed by atoms with Crippen LogP contribution < -0.4 is 15.2 Å². The van der Waals surface area contributed by atoms with Crippen molar-refractivity contribution in [3.63, 3.8) is 0 Å². The van der Waals surface area contributed by atoms with E-state index in [9.17, 15) is 13.2 Å². The second-order valence-corrected chi connectivity index (χ2v) is 6.29. The quantitative estimate of drug-likeness (QED) is 0.899. The summed E-state index contributed by atoms with van der Waals surface area (Å²) in [5, 5.41) is 7.73. The van der Waals surface area contributed by atoms with Crippen LogP contribution in [-0.4, -0.2) is 21.4 Å². The number of carbonyl (C=O) groups is 1. The molecule has 2 aromatic carbocycles. The van der Waals surface area contributed by atoms with Crippen LogP contribution in [0.5, 0.6) is 5.75 Å². The van der Waals surface area contributed by atoms with E-state index in [0.717, 1.165) is 5.56 Å². The van der Waals surface area contributed by atoms with Crippen LogP contribution in [0, 0.1) is 6.92 Å². The third kappa shape index (κ3) is 3.63. The van der Waals surface area contributed by atoms with E-state index in [0.29, 0.717) is 11.3 Å². The first-order valence-corrected chi connectivity index (χ1v) is 7.95. The Kier molecular flexibility index (Phi) is 4.48. The van der Waals surface area contributed by atoms with E-state index in [1.807, 2.05) is 13.0 Å². The van der Waals surface area contributed by atoms with Crippen molar-refractivity contribution in [2.75, 3.05) is 12.4 Å². The Morgan fingerprint density at radius 2 is 1.91 bits per heavy atom. The molecule has 1 amide bonds. The van der Waals surface area contributed by atoms with Crippen molar-refractivity contribution in [2.45, 2.75) is 11.8 Å². The Morgan fingerprint density at radius 1 is 1.18 bits per heavy atom. The zero-order chi connectivity index (χ0) is 16.3. The van der Waals surface area contributed by atoms with Gasteiger partial charge in [-0.3, -0.25) is 4.79 Å². The lowest BCUT2D eigenvalue weighted by Gasteiger charge is -2.11. The van der Waals surface area contributed by atoms with Crippen molar-refractivity contribution in [1.29, 1.82) is 0 Å². The molecule has 0 aliphatic rings. The van der Waals surface area contributed by atoms with Gasteiger partial charge in [-0.15, -0.1) is 0 Å². The molecule has 0 aliphatic heterocycles. The lowest BCUT2D eigenvalue weighted by atomic mass is 10.1. The number of aryl methyl sites for hydroxylation is 1. The molecule has 2 rings (SSSR count). The molecule has 0 aliphatic carbocycles. The minimum absolute atomic E-state index is 0.104. The van der Waals surface area contributed by atoms with Crippen LogP contribution in [0.1, 0.15) is 15.9 Å². The van der Waals surface area contributed by atoms with E-state index in [1.165, 1.54) is 25.3 Å². The summed E-state index contributed by atoms with van der Waals surface area (Å²) >= 11 is 0. The van der Waals surface area contributed by atoms with Crippen LogP contribution in [0.15, 0.2) is 47.4 Å². The van der Waals surface area contributed by atoms with E-state index in [2.05, 4.69) is 5.32 Å². The molecule has 0 unspecified atom stereocenters. The number of hydrogen-bond donors (Lipinski definition) is 2. The van der Waals surface area contributed by atoms with Gasteiger partial charge < -0.3 is 10.1 Å². The van der Waals surface area contributed by atoms with Gasteiger partial charge in [0.15, 0.2) is 0 Å². The number of primary sulfonamides is 1. The van der Waals surface area contributed by atoms with Gasteiger partial charge in [0.25, 0.3) is 5.91 Å². The van der Waals surface area contributed by atoms with E-state index >= 15 is 0 Å². The van der Waals surface area contributed by atoms with E-state index in [1.54, 1.807) is 18.2 Å². The number of anilines is 1. The monoisotopic (exact) mass is 320 g/mol. The normalized spacial score (nSPS) is 11.0. The second kappa shape index (κ2) is 6.17. The number of hydrogen-bond acceptors (Lipinski definition) is 4. The standard InChI is InChI=1S/C15H16N2O4S/c1-10-4-3-5-11(8-10)15(18)17-13-9-12(22(16,19)20)6-7-14(13)21-2/h3-9H,1-2H3,(H,17,18)(H2,16,19,20). The summed E-state index contributed by atoms with van der Waals surface area (Å²) in [7, 11) is -2.44. The second-order valence-electron chi connectivity index (χ2n) is 4.73. The number of nitrogens with two attached hydrogens (primary N) is 1. The molecular weight excluding hydrogens is 304 g/mol. The number of sulfonamides is 1. The predicted molar refractivity (Wildman–Crippen MR) is 83.5 cm³/mol. The van der Waals surface area contributed by atoms with Crippen LogP contribution in [0.2, 0.25) is 0 Å². The molecule has 2 aromatic rings. The topological polar surface area (TPSA) is 98.5 Å². The highest BCUT2D eigenvalue weighted by atomic mass is 32.2. The molecule has 6 nitrogen and oxygen atoms in total. The predicted octanol–water partition coefficient (Wildman–Crippen LogP) is 1.90. The maximum atomic E-state index is 12.2. The summed E-state index contributed by atoms with van der Waals surface area (Å²) in [5.74, 6) is -0.0260. The number of rotatable bonds is 4. The lowest BCUT2D eigenvalue weighted by molar-refractivity contribution is 0.102. The van der Waals surface area contributed by atoms with Gasteiger partial charge in [-0.05, 0) is 37.3 Å². The third-order valence-electron chi connectivity index (χ3n) is 3.03. The first-order valence-electron chi connectivity index (χ1n) is 6.40. The van der Waals surface area contributed by atoms with E-state index < -0.39 is 10.0 Å². The van der Waals surface area contributed by atoms with Gasteiger partial charge in [0.1, 0.15) is 5.75 Å². The highest BCUT2D eigenvalue weighted by Gasteiger charge is 2.14. The molecule has 7 heteroatoms. The number of benzene rings is 2. The zero-order valence-electron chi connectivity index (χ0n) is 12.2. The molecule has 0 saturated carbocycles. The summed E-state index contributed by atoms with van der Waals surface area (Å²) in [4.78, 5) is 12.1. The number of methoxy groups -OCH3 is 1. The SMILES string of the molecule is COc1ccc(S(N)(=O)=O)cc1NC(=O)c1cccc(C)c1. The Bertz CT molecular complexity index is 816. The van der Waals surface area contributed by atoms with Gasteiger partial charge in [-0.2, -0.15) is 0 Å². The highest BCUT2D eigenvalue weighted by molar-refractivity contribution is 7.89. The molecule has 0 radical (unpaired) electrons. The molecular formula is C15H16N2O4S. The maximum Gasteiger partial charge on any atom is 0.255 e. The van der Waals surface area contributed by atoms with Crippen molar-refractivity contribution in [3.05, 3.63) is 53.6 Å². The smallest absolute Gasteiger partial charge is 0.255 e. The van der Waals surface area contributed by atoms with Gasteiger partial charge in [0, 0.05) is 5.56 Å². The summed E-state index contributed by atoms with van der Waals surface area (Å²) in [6, 6.07) is 11.1. The van der Waals surface area contributed by atoms with Crippen molar-refractivity contribution in [3.8, 4) is 5.75 Å². The number of ether oxygens (including phenoxy) is 1. The summed E-state index contributed by atoms with van der Waals surface area (Å²) in [5.41, 5.74) is 1.64. The molecule has 3 N–H and O–H groups in total. The average Bonchev–Trinajstić information content (AvgIpc) is 2.46. The first-order chi connectivity index (χ1) is 10.3. The highest BCUT2D eigenvalue weighted by Crippen LogP contribution is 2.27. The van der Waals surface area contributed by atoms with Crippen LogP contribution >= 0.6 is 0 Å². The van der Waals surface area contributed by atoms with Crippen LogP contribution in [-0.2, 0) is 10.0 Å². The van der Waals surface area contributed by atoms with E-state index in [-0.39, 0.29) is 16.5 Å². The number of amides is 1. The Balaban J connectivity index is 2.37. The molecule has 0 saturated heterocycles. The van der Waals surface area contributed by atoms with Gasteiger partial charge >= 0.3 is 0 Å². The van der Waals surface area contributed by atoms with Crippen molar-refractivity contribution >= 4 is 21.6 Å². The molecule has 116 valence electrons. The Labute approximate surface area is 129 Å². The zero-order valence-corrected chi connectivity index (χ0v) is 13.0. The first kappa shape index (κ1) is 16.0. The Morgan fingerprint density at radius 3 is 2.50 bits per heavy atom. The average molecular weight is 320 g/mol. The van der Waals surface area contributed by atoms with Crippen LogP contribution in [0.3, 0.4) is 0 Å². The largest absolute Gasteiger partial charge is 0.495 e. The van der Waals surface area contributed by atoms with Gasteiger partial charge in [-0.1, -0.05) is 17.7 Å². The van der Waals surface area contributed by atoms with Crippen molar-refractivity contribution in [2.24, 2.45) is 5.14 Å². The van der Waals surface area contributed by atoms with Gasteiger partial charge in [0.2, 0.25) is 10.0 Å². The molecule has 0 aromatic heterocycles. The fourth-order valence-corrected chi connectivity index (χ4v) is 2.48. The van der Waals surface area contributed by atoms with Crippen molar-refractivity contribution < 1.29 is 17.9 Å². The lowest BCUT2D eigenvalue weighted by Crippen LogP contribution is -2.15. The molecule has 0 spiro atoms. The summed E-state index contributed by atoms with van der Waals surface area (Å²) in [6.45, 7) is 1.87. The van der Waals surface area contributed by atoms with Gasteiger partial charge in [-0.25, -0.2) is 13.6 Å². The number of carbonyl (C=O) groups excluding carboxylic acids is 1. The minimum atomic E-state index is -3.86. The van der Waals surface area contributed by atoms with Crippen LogP contribution in [0.4, 0.5) is 5.69 Å². The molecule has 0 atom stereocenters. The molecule has 22 heavy (non-hydrogen) atoms. The number of nitrogens with one attached hydrogen (secondary N) is 1. The minimum Gasteiger partial charge on any atom is -0.495 e. The Hall–Kier alpha value is -2.38. The summed E-state index contributed by atoms with van der Waals surface area (Å²) in [6.07, 6.45) is 0. The third-order valence-corrected chi connectivity index (χ3v) is 3.94. The molecule has 0 heterocycles. The molecule has 0 bridgehead atoms. The maximum absolute atomic E-state index is 12.2. The van der Waals surface area contributed by atoms with Gasteiger partial charge in [0.05, 0.1) is 17.7 Å². The summed E-state index contributed by atoms with van der Waals surface area (Å²) < 4.78 is 27.9. The van der Waals surface area contributed by atoms with Crippen molar-refractivity contribution in [1.82, 2.24) is 0 Å².